The van der Waals surface area contributed by atoms with Gasteiger partial charge in [-0.15, -0.1) is 0 Å². The van der Waals surface area contributed by atoms with Crippen LogP contribution in [0.4, 0.5) is 0 Å². The molecule has 8 atom stereocenters. The molecule has 0 bridgehead atoms. The van der Waals surface area contributed by atoms with Crippen molar-refractivity contribution in [1.82, 2.24) is 0 Å². The summed E-state index contributed by atoms with van der Waals surface area (Å²) in [5.41, 5.74) is 2.13. The van der Waals surface area contributed by atoms with Crippen molar-refractivity contribution in [3.63, 3.8) is 0 Å². The summed E-state index contributed by atoms with van der Waals surface area (Å²) in [6.45, 7) is 4.86. The fourth-order valence-electron chi connectivity index (χ4n) is 8.55. The highest BCUT2D eigenvalue weighted by molar-refractivity contribution is 5.92. The summed E-state index contributed by atoms with van der Waals surface area (Å²) in [7, 11) is 1.98. The van der Waals surface area contributed by atoms with Crippen LogP contribution in [0.2, 0.25) is 0 Å². The molecule has 2 heteroatoms. The third-order valence-corrected chi connectivity index (χ3v) is 9.42. The number of hydrogen-bond acceptors (Lipinski definition) is 2. The highest BCUT2D eigenvalue weighted by atomic mass is 16.1. The lowest BCUT2D eigenvalue weighted by Gasteiger charge is -2.58. The molecule has 5 rings (SSSR count). The van der Waals surface area contributed by atoms with Gasteiger partial charge in [0.2, 0.25) is 0 Å². The van der Waals surface area contributed by atoms with Crippen LogP contribution in [-0.2, 0) is 4.79 Å². The van der Waals surface area contributed by atoms with Gasteiger partial charge in [-0.25, -0.2) is 0 Å². The molecule has 0 amide bonds. The first-order valence-electron chi connectivity index (χ1n) is 11.0. The molecule has 5 aliphatic carbocycles. The molecule has 0 saturated heterocycles. The Hall–Kier alpha value is -1.18. The fourth-order valence-corrected chi connectivity index (χ4v) is 8.55. The quantitative estimate of drug-likeness (QED) is 0.639. The molecule has 0 heterocycles. The number of carbonyl (C=O) groups excluding carboxylic acids is 1. The number of carbonyl (C=O) groups is 1. The Morgan fingerprint density at radius 1 is 1.23 bits per heavy atom. The van der Waals surface area contributed by atoms with Gasteiger partial charge in [-0.3, -0.25) is 4.79 Å². The Kier molecular flexibility index (Phi) is 3.69. The van der Waals surface area contributed by atoms with Crippen molar-refractivity contribution >= 4 is 12.0 Å². The zero-order valence-corrected chi connectivity index (χ0v) is 16.6. The molecule has 0 radical (unpaired) electrons. The minimum atomic E-state index is 0.337. The summed E-state index contributed by atoms with van der Waals surface area (Å²) in [5, 5.41) is 0. The minimum absolute atomic E-state index is 0.337. The normalized spacial score (nSPS) is 51.5. The van der Waals surface area contributed by atoms with Gasteiger partial charge in [-0.2, -0.15) is 0 Å². The molecule has 0 aromatic heterocycles. The summed E-state index contributed by atoms with van der Waals surface area (Å²) in [5.74, 6) is 5.12. The zero-order valence-electron chi connectivity index (χ0n) is 16.6. The Labute approximate surface area is 158 Å². The van der Waals surface area contributed by atoms with Gasteiger partial charge in [0.15, 0.2) is 5.78 Å². The van der Waals surface area contributed by atoms with E-state index in [2.05, 4.69) is 37.2 Å². The highest BCUT2D eigenvalue weighted by Crippen LogP contribution is 2.79. The van der Waals surface area contributed by atoms with Gasteiger partial charge in [0, 0.05) is 25.1 Å². The Morgan fingerprint density at radius 2 is 2.08 bits per heavy atom. The second-order valence-corrected chi connectivity index (χ2v) is 9.72. The average molecular weight is 352 g/mol. The molecule has 3 fully saturated rings. The third kappa shape index (κ3) is 1.89. The molecule has 0 aromatic carbocycles. The monoisotopic (exact) mass is 351 g/mol. The Balaban J connectivity index is 1.58. The van der Waals surface area contributed by atoms with Crippen LogP contribution in [0, 0.1) is 46.3 Å². The van der Waals surface area contributed by atoms with E-state index in [9.17, 15) is 4.79 Å². The molecule has 0 N–H and O–H groups in total. The number of rotatable bonds is 3. The van der Waals surface area contributed by atoms with Gasteiger partial charge in [-0.1, -0.05) is 26.0 Å². The zero-order chi connectivity index (χ0) is 18.1. The highest BCUT2D eigenvalue weighted by Gasteiger charge is 2.75. The van der Waals surface area contributed by atoms with Crippen LogP contribution in [0.25, 0.3) is 0 Å². The van der Waals surface area contributed by atoms with Crippen LogP contribution in [0.3, 0.4) is 0 Å². The van der Waals surface area contributed by atoms with Crippen LogP contribution >= 0.6 is 0 Å². The molecule has 140 valence electrons. The van der Waals surface area contributed by atoms with Crippen LogP contribution in [0.5, 0.6) is 0 Å². The number of aliphatic imine (C=N–C) groups is 1. The summed E-state index contributed by atoms with van der Waals surface area (Å²) in [6, 6.07) is 0. The number of hydrogen-bond donors (Lipinski definition) is 0. The fraction of sp³-hybridized carbons (Fsp3) is 0.750. The van der Waals surface area contributed by atoms with Crippen molar-refractivity contribution in [3.8, 4) is 0 Å². The Morgan fingerprint density at radius 3 is 2.81 bits per heavy atom. The minimum Gasteiger partial charge on any atom is -0.300 e. The van der Waals surface area contributed by atoms with Crippen LogP contribution < -0.4 is 0 Å². The lowest BCUT2D eigenvalue weighted by atomic mass is 9.46. The van der Waals surface area contributed by atoms with Gasteiger partial charge in [0.1, 0.15) is 0 Å². The maximum atomic E-state index is 11.9. The van der Waals surface area contributed by atoms with E-state index in [0.29, 0.717) is 22.5 Å². The van der Waals surface area contributed by atoms with Crippen molar-refractivity contribution in [1.29, 1.82) is 0 Å². The van der Waals surface area contributed by atoms with Crippen LogP contribution in [-0.4, -0.2) is 19.0 Å². The Bertz CT molecular complexity index is 718. The summed E-state index contributed by atoms with van der Waals surface area (Å²) in [6.07, 6.45) is 17.8. The standard InChI is InChI=1S/C24H33NO/c1-4-23-11-10-18-17-9-7-16(26)12-15(17)6-8-19(18)22(23)20-13-21(20)24(23,5-2)14-25-3/h6,8,12,14,17-22H,4-5,7,9-11,13H2,1-3H3. The van der Waals surface area contributed by atoms with Crippen molar-refractivity contribution in [3.05, 3.63) is 23.8 Å². The van der Waals surface area contributed by atoms with Crippen LogP contribution in [0.15, 0.2) is 28.8 Å². The average Bonchev–Trinajstić information content (AvgIpc) is 3.41. The van der Waals surface area contributed by atoms with Gasteiger partial charge in [0.25, 0.3) is 0 Å². The maximum absolute atomic E-state index is 11.9. The van der Waals surface area contributed by atoms with Crippen molar-refractivity contribution in [2.45, 2.75) is 58.8 Å². The number of allylic oxidation sites excluding steroid dienone is 4. The van der Waals surface area contributed by atoms with E-state index >= 15 is 0 Å². The summed E-state index contributed by atoms with van der Waals surface area (Å²) < 4.78 is 0. The smallest absolute Gasteiger partial charge is 0.155 e. The van der Waals surface area contributed by atoms with Gasteiger partial charge < -0.3 is 4.99 Å². The predicted molar refractivity (Wildman–Crippen MR) is 106 cm³/mol. The molecule has 3 saturated carbocycles. The van der Waals surface area contributed by atoms with Gasteiger partial charge in [0.05, 0.1) is 0 Å². The first-order valence-corrected chi connectivity index (χ1v) is 11.0. The maximum Gasteiger partial charge on any atom is 0.155 e. The SMILES string of the molecule is CCC1(C=NC)C2CC2C2C3C=CC4=CC(=O)CCC4C3CCC21CC. The van der Waals surface area contributed by atoms with E-state index in [-0.39, 0.29) is 0 Å². The molecule has 0 aromatic rings. The largest absolute Gasteiger partial charge is 0.300 e. The second kappa shape index (κ2) is 5.66. The van der Waals surface area contributed by atoms with E-state index < -0.39 is 0 Å². The molecule has 8 unspecified atom stereocenters. The molecule has 2 nitrogen and oxygen atoms in total. The first-order chi connectivity index (χ1) is 12.6. The van der Waals surface area contributed by atoms with Gasteiger partial charge >= 0.3 is 0 Å². The lowest BCUT2D eigenvalue weighted by molar-refractivity contribution is -0.115. The second-order valence-electron chi connectivity index (χ2n) is 9.72. The molecule has 0 aliphatic heterocycles. The van der Waals surface area contributed by atoms with E-state index in [1.165, 1.54) is 37.7 Å². The van der Waals surface area contributed by atoms with E-state index in [1.807, 2.05) is 13.1 Å². The predicted octanol–water partition coefficient (Wildman–Crippen LogP) is 5.25. The van der Waals surface area contributed by atoms with Crippen molar-refractivity contribution < 1.29 is 4.79 Å². The lowest BCUT2D eigenvalue weighted by Crippen LogP contribution is -2.52. The molecular formula is C24H33NO. The first kappa shape index (κ1) is 17.0. The van der Waals surface area contributed by atoms with E-state index in [0.717, 1.165) is 42.4 Å². The summed E-state index contributed by atoms with van der Waals surface area (Å²) >= 11 is 0. The molecular weight excluding hydrogens is 318 g/mol. The molecule has 0 spiro atoms. The molecule has 26 heavy (non-hydrogen) atoms. The molecule has 5 aliphatic rings. The van der Waals surface area contributed by atoms with Crippen LogP contribution in [0.1, 0.15) is 58.8 Å². The number of fused-ring (bicyclic) bond motifs is 7. The van der Waals surface area contributed by atoms with E-state index in [4.69, 9.17) is 0 Å². The topological polar surface area (TPSA) is 29.4 Å². The third-order valence-electron chi connectivity index (χ3n) is 9.42. The number of nitrogens with zero attached hydrogens (tertiary/aromatic N) is 1. The summed E-state index contributed by atoms with van der Waals surface area (Å²) in [4.78, 5) is 16.5. The van der Waals surface area contributed by atoms with Gasteiger partial charge in [-0.05, 0) is 91.1 Å². The van der Waals surface area contributed by atoms with E-state index in [1.54, 1.807) is 0 Å². The van der Waals surface area contributed by atoms with Crippen molar-refractivity contribution in [2.75, 3.05) is 7.05 Å². The number of ketones is 1. The van der Waals surface area contributed by atoms with Crippen molar-refractivity contribution in [2.24, 2.45) is 51.3 Å².